The minimum Gasteiger partial charge on any atom is -0.411 e. The standard InChI is InChI=1S/C18H26N2O2/c1-2-3-10-18(15-12-19-11-9-17(15)20-21)16(13-22-18)14-7-5-4-6-8-14/h4-8,15-16,19,21H,2-3,9-13H2,1H3. The van der Waals surface area contributed by atoms with Crippen LogP contribution >= 0.6 is 0 Å². The molecule has 0 aromatic heterocycles. The number of ether oxygens (including phenoxy) is 1. The number of nitrogens with zero attached hydrogens (tertiary/aromatic N) is 1. The molecule has 3 unspecified atom stereocenters. The molecule has 3 atom stereocenters. The van der Waals surface area contributed by atoms with Crippen molar-refractivity contribution in [3.63, 3.8) is 0 Å². The van der Waals surface area contributed by atoms with Gasteiger partial charge in [-0.2, -0.15) is 0 Å². The summed E-state index contributed by atoms with van der Waals surface area (Å²) in [6.45, 7) is 4.70. The van der Waals surface area contributed by atoms with E-state index in [1.807, 2.05) is 0 Å². The summed E-state index contributed by atoms with van der Waals surface area (Å²) in [6.07, 6.45) is 4.12. The highest BCUT2D eigenvalue weighted by Crippen LogP contribution is 2.50. The van der Waals surface area contributed by atoms with Crippen LogP contribution in [0.15, 0.2) is 35.5 Å². The molecule has 4 heteroatoms. The van der Waals surface area contributed by atoms with Crippen molar-refractivity contribution >= 4 is 5.71 Å². The molecule has 4 nitrogen and oxygen atoms in total. The highest BCUT2D eigenvalue weighted by atomic mass is 16.5. The summed E-state index contributed by atoms with van der Waals surface area (Å²) < 4.78 is 6.23. The van der Waals surface area contributed by atoms with E-state index in [0.29, 0.717) is 5.92 Å². The van der Waals surface area contributed by atoms with Gasteiger partial charge in [0.25, 0.3) is 0 Å². The van der Waals surface area contributed by atoms with Crippen LogP contribution in [-0.4, -0.2) is 36.2 Å². The molecular formula is C18H26N2O2. The van der Waals surface area contributed by atoms with Gasteiger partial charge in [-0.1, -0.05) is 55.3 Å². The molecule has 120 valence electrons. The fourth-order valence-electron chi connectivity index (χ4n) is 3.99. The Morgan fingerprint density at radius 3 is 2.77 bits per heavy atom. The Balaban J connectivity index is 1.91. The van der Waals surface area contributed by atoms with Crippen molar-refractivity contribution in [2.75, 3.05) is 19.7 Å². The van der Waals surface area contributed by atoms with E-state index in [1.54, 1.807) is 0 Å². The Kier molecular flexibility index (Phi) is 4.79. The van der Waals surface area contributed by atoms with Crippen molar-refractivity contribution in [3.05, 3.63) is 35.9 Å². The fourth-order valence-corrected chi connectivity index (χ4v) is 3.99. The first kappa shape index (κ1) is 15.5. The summed E-state index contributed by atoms with van der Waals surface area (Å²) in [6, 6.07) is 10.6. The number of piperidine rings is 1. The molecule has 1 aromatic rings. The Morgan fingerprint density at radius 1 is 1.32 bits per heavy atom. The molecule has 2 aliphatic heterocycles. The molecule has 2 saturated heterocycles. The van der Waals surface area contributed by atoms with Crippen LogP contribution in [0.2, 0.25) is 0 Å². The normalized spacial score (nSPS) is 33.6. The Bertz CT molecular complexity index is 517. The second-order valence-electron chi connectivity index (χ2n) is 6.43. The molecule has 0 amide bonds. The van der Waals surface area contributed by atoms with Gasteiger partial charge >= 0.3 is 0 Å². The Morgan fingerprint density at radius 2 is 2.14 bits per heavy atom. The number of nitrogens with one attached hydrogen (secondary N) is 1. The topological polar surface area (TPSA) is 53.9 Å². The molecule has 0 aliphatic carbocycles. The van der Waals surface area contributed by atoms with Crippen LogP contribution in [0.3, 0.4) is 0 Å². The van der Waals surface area contributed by atoms with Gasteiger partial charge in [0.2, 0.25) is 0 Å². The van der Waals surface area contributed by atoms with Gasteiger partial charge in [0, 0.05) is 31.3 Å². The molecule has 2 heterocycles. The Hall–Kier alpha value is -1.39. The maximum atomic E-state index is 9.43. The third-order valence-electron chi connectivity index (χ3n) is 5.26. The number of benzene rings is 1. The number of rotatable bonds is 5. The van der Waals surface area contributed by atoms with Crippen LogP contribution in [0, 0.1) is 5.92 Å². The number of hydrogen-bond donors (Lipinski definition) is 2. The highest BCUT2D eigenvalue weighted by Gasteiger charge is 2.55. The van der Waals surface area contributed by atoms with E-state index in [0.717, 1.165) is 51.1 Å². The van der Waals surface area contributed by atoms with Crippen LogP contribution in [-0.2, 0) is 4.74 Å². The van der Waals surface area contributed by atoms with E-state index < -0.39 is 0 Å². The molecular weight excluding hydrogens is 276 g/mol. The third kappa shape index (κ3) is 2.66. The number of hydrogen-bond acceptors (Lipinski definition) is 4. The molecule has 3 rings (SSSR count). The molecule has 22 heavy (non-hydrogen) atoms. The molecule has 0 radical (unpaired) electrons. The summed E-state index contributed by atoms with van der Waals surface area (Å²) in [5.41, 5.74) is 2.02. The van der Waals surface area contributed by atoms with Gasteiger partial charge in [-0.25, -0.2) is 0 Å². The summed E-state index contributed by atoms with van der Waals surface area (Å²) in [5, 5.41) is 16.5. The van der Waals surface area contributed by atoms with E-state index in [-0.39, 0.29) is 11.5 Å². The smallest absolute Gasteiger partial charge is 0.0866 e. The summed E-state index contributed by atoms with van der Waals surface area (Å²) in [5.74, 6) is 0.554. The van der Waals surface area contributed by atoms with Crippen LogP contribution in [0.25, 0.3) is 0 Å². The van der Waals surface area contributed by atoms with Crippen molar-refractivity contribution < 1.29 is 9.94 Å². The van der Waals surface area contributed by atoms with Crippen LogP contribution in [0.5, 0.6) is 0 Å². The molecule has 0 bridgehead atoms. The first-order valence-electron chi connectivity index (χ1n) is 8.42. The maximum absolute atomic E-state index is 9.43. The molecule has 0 spiro atoms. The monoisotopic (exact) mass is 302 g/mol. The van der Waals surface area contributed by atoms with Gasteiger partial charge in [-0.15, -0.1) is 0 Å². The van der Waals surface area contributed by atoms with E-state index in [4.69, 9.17) is 4.74 Å². The molecule has 0 saturated carbocycles. The zero-order chi connectivity index (χ0) is 15.4. The van der Waals surface area contributed by atoms with Crippen molar-refractivity contribution in [1.29, 1.82) is 0 Å². The number of unbranched alkanes of at least 4 members (excludes halogenated alkanes) is 1. The zero-order valence-electron chi connectivity index (χ0n) is 13.3. The lowest BCUT2D eigenvalue weighted by molar-refractivity contribution is -0.195. The number of oxime groups is 1. The summed E-state index contributed by atoms with van der Waals surface area (Å²) >= 11 is 0. The van der Waals surface area contributed by atoms with Gasteiger partial charge in [0.05, 0.1) is 17.9 Å². The average Bonchev–Trinajstić information content (AvgIpc) is 2.56. The second kappa shape index (κ2) is 6.80. The lowest BCUT2D eigenvalue weighted by Crippen LogP contribution is -2.62. The molecule has 2 N–H and O–H groups in total. The van der Waals surface area contributed by atoms with E-state index >= 15 is 0 Å². The van der Waals surface area contributed by atoms with E-state index in [9.17, 15) is 5.21 Å². The van der Waals surface area contributed by atoms with Crippen LogP contribution < -0.4 is 5.32 Å². The van der Waals surface area contributed by atoms with Gasteiger partial charge < -0.3 is 15.3 Å². The minimum absolute atomic E-state index is 0.164. The molecule has 2 fully saturated rings. The quantitative estimate of drug-likeness (QED) is 0.649. The predicted octanol–water partition coefficient (Wildman–Crippen LogP) is 3.17. The van der Waals surface area contributed by atoms with Crippen molar-refractivity contribution in [2.24, 2.45) is 11.1 Å². The van der Waals surface area contributed by atoms with Gasteiger partial charge in [0.15, 0.2) is 0 Å². The van der Waals surface area contributed by atoms with Crippen LogP contribution in [0.4, 0.5) is 0 Å². The fraction of sp³-hybridized carbons (Fsp3) is 0.611. The summed E-state index contributed by atoms with van der Waals surface area (Å²) in [4.78, 5) is 0. The lowest BCUT2D eigenvalue weighted by atomic mass is 9.65. The average molecular weight is 302 g/mol. The largest absolute Gasteiger partial charge is 0.411 e. The molecule has 2 aliphatic rings. The molecule has 1 aromatic carbocycles. The van der Waals surface area contributed by atoms with E-state index in [1.165, 1.54) is 5.56 Å². The third-order valence-corrected chi connectivity index (χ3v) is 5.26. The minimum atomic E-state index is -0.216. The van der Waals surface area contributed by atoms with Crippen LogP contribution in [0.1, 0.15) is 44.1 Å². The lowest BCUT2D eigenvalue weighted by Gasteiger charge is -2.55. The van der Waals surface area contributed by atoms with Crippen molar-refractivity contribution in [2.45, 2.75) is 44.1 Å². The maximum Gasteiger partial charge on any atom is 0.0866 e. The van der Waals surface area contributed by atoms with E-state index in [2.05, 4.69) is 47.7 Å². The van der Waals surface area contributed by atoms with Gasteiger partial charge in [0.1, 0.15) is 0 Å². The predicted molar refractivity (Wildman–Crippen MR) is 87.6 cm³/mol. The Labute approximate surface area is 132 Å². The van der Waals surface area contributed by atoms with Gasteiger partial charge in [-0.05, 0) is 12.0 Å². The second-order valence-corrected chi connectivity index (χ2v) is 6.43. The zero-order valence-corrected chi connectivity index (χ0v) is 13.3. The summed E-state index contributed by atoms with van der Waals surface area (Å²) in [7, 11) is 0. The van der Waals surface area contributed by atoms with Crippen molar-refractivity contribution in [3.8, 4) is 0 Å². The SMILES string of the molecule is CCCCC1(C2CNCCC2=NO)OCC1c1ccccc1. The first-order chi connectivity index (χ1) is 10.8. The van der Waals surface area contributed by atoms with Gasteiger partial charge in [-0.3, -0.25) is 0 Å². The van der Waals surface area contributed by atoms with Crippen molar-refractivity contribution in [1.82, 2.24) is 5.32 Å². The highest BCUT2D eigenvalue weighted by molar-refractivity contribution is 5.88. The first-order valence-corrected chi connectivity index (χ1v) is 8.42.